The van der Waals surface area contributed by atoms with E-state index in [4.69, 9.17) is 9.72 Å². The summed E-state index contributed by atoms with van der Waals surface area (Å²) in [7, 11) is 1.88. The van der Waals surface area contributed by atoms with Gasteiger partial charge in [-0.05, 0) is 87.1 Å². The third kappa shape index (κ3) is 8.63. The van der Waals surface area contributed by atoms with Crippen molar-refractivity contribution in [1.82, 2.24) is 25.2 Å². The van der Waals surface area contributed by atoms with Crippen molar-refractivity contribution in [3.63, 3.8) is 0 Å². The number of hydrogen-bond donors (Lipinski definition) is 3. The number of hydrogen-bond acceptors (Lipinski definition) is 9. The van der Waals surface area contributed by atoms with Gasteiger partial charge in [0.2, 0.25) is 11.8 Å². The van der Waals surface area contributed by atoms with Gasteiger partial charge in [0.25, 0.3) is 5.91 Å². The average molecular weight is 719 g/mol. The third-order valence-electron chi connectivity index (χ3n) is 8.94. The molecule has 2 aromatic heterocycles. The molecule has 10 nitrogen and oxygen atoms in total. The number of fused-ring (bicyclic) bond motifs is 1. The van der Waals surface area contributed by atoms with E-state index in [9.17, 15) is 22.8 Å². The zero-order valence-corrected chi connectivity index (χ0v) is 29.1. The predicted molar refractivity (Wildman–Crippen MR) is 190 cm³/mol. The van der Waals surface area contributed by atoms with Crippen LogP contribution in [-0.2, 0) is 0 Å². The Balaban J connectivity index is 1.17. The second-order valence-corrected chi connectivity index (χ2v) is 13.5. The lowest BCUT2D eigenvalue weighted by atomic mass is 9.79. The second kappa shape index (κ2) is 15.0. The van der Waals surface area contributed by atoms with Crippen LogP contribution < -0.4 is 19.5 Å². The largest absolute Gasteiger partial charge is 0.573 e. The maximum absolute atomic E-state index is 13.5. The lowest BCUT2D eigenvalue weighted by molar-refractivity contribution is -0.274. The highest BCUT2D eigenvalue weighted by Crippen LogP contribution is 2.35. The highest BCUT2D eigenvalue weighted by atomic mass is 32.2. The number of piperidine rings is 1. The number of amides is 1. The molecule has 1 aliphatic heterocycles. The summed E-state index contributed by atoms with van der Waals surface area (Å²) in [5, 5.41) is 3.89. The van der Waals surface area contributed by atoms with E-state index in [1.165, 1.54) is 30.1 Å². The van der Waals surface area contributed by atoms with E-state index in [1.807, 2.05) is 57.3 Å². The molecule has 0 bridgehead atoms. The van der Waals surface area contributed by atoms with Crippen molar-refractivity contribution < 1.29 is 32.2 Å². The number of aldehydes is 1. The molecule has 14 heteroatoms. The SMILES string of the molecule is CNCC1(COc2cc(-c3c(C)cccc3C)nc(NSc3cccc(C=O)c3)n2)CCN(C(=O)c2cc3ccc(OC(F)(F)F)cc3[nH]2)CC1. The summed E-state index contributed by atoms with van der Waals surface area (Å²) in [5.74, 6) is 0.157. The summed E-state index contributed by atoms with van der Waals surface area (Å²) in [6.07, 6.45) is -2.72. The molecule has 0 aliphatic carbocycles. The van der Waals surface area contributed by atoms with E-state index in [1.54, 1.807) is 23.1 Å². The lowest BCUT2D eigenvalue weighted by Crippen LogP contribution is -2.49. The molecule has 1 amide bonds. The number of benzene rings is 3. The van der Waals surface area contributed by atoms with Gasteiger partial charge in [0.1, 0.15) is 17.7 Å². The Labute approximate surface area is 297 Å². The van der Waals surface area contributed by atoms with Crippen molar-refractivity contribution in [3.05, 3.63) is 95.2 Å². The zero-order chi connectivity index (χ0) is 36.2. The van der Waals surface area contributed by atoms with E-state index in [2.05, 4.69) is 24.7 Å². The number of aromatic nitrogens is 3. The van der Waals surface area contributed by atoms with Crippen LogP contribution in [0, 0.1) is 19.3 Å². The second-order valence-electron chi connectivity index (χ2n) is 12.7. The molecule has 1 fully saturated rings. The smallest absolute Gasteiger partial charge is 0.477 e. The Bertz CT molecular complexity index is 2020. The normalized spacial score (nSPS) is 14.4. The monoisotopic (exact) mass is 718 g/mol. The fourth-order valence-corrected chi connectivity index (χ4v) is 7.04. The number of nitrogens with one attached hydrogen (secondary N) is 3. The third-order valence-corrected chi connectivity index (χ3v) is 9.72. The lowest BCUT2D eigenvalue weighted by Gasteiger charge is -2.41. The van der Waals surface area contributed by atoms with E-state index in [-0.39, 0.29) is 17.1 Å². The van der Waals surface area contributed by atoms with E-state index >= 15 is 0 Å². The number of nitrogens with zero attached hydrogens (tertiary/aromatic N) is 3. The number of carbonyl (C=O) groups excluding carboxylic acids is 2. The van der Waals surface area contributed by atoms with Gasteiger partial charge < -0.3 is 24.7 Å². The van der Waals surface area contributed by atoms with Crippen molar-refractivity contribution >= 4 is 41.0 Å². The van der Waals surface area contributed by atoms with Crippen LogP contribution in [0.3, 0.4) is 0 Å². The van der Waals surface area contributed by atoms with Gasteiger partial charge in [-0.2, -0.15) is 4.98 Å². The van der Waals surface area contributed by atoms with Gasteiger partial charge in [-0.1, -0.05) is 30.3 Å². The zero-order valence-electron chi connectivity index (χ0n) is 28.3. The van der Waals surface area contributed by atoms with E-state index in [0.717, 1.165) is 27.9 Å². The van der Waals surface area contributed by atoms with Crippen LogP contribution in [0.25, 0.3) is 22.2 Å². The van der Waals surface area contributed by atoms with Crippen molar-refractivity contribution in [1.29, 1.82) is 0 Å². The van der Waals surface area contributed by atoms with Crippen molar-refractivity contribution in [2.75, 3.05) is 38.0 Å². The quantitative estimate of drug-likeness (QED) is 0.0885. The highest BCUT2D eigenvalue weighted by molar-refractivity contribution is 8.00. The van der Waals surface area contributed by atoms with Crippen LogP contribution in [0.1, 0.15) is 44.8 Å². The van der Waals surface area contributed by atoms with Gasteiger partial charge in [0, 0.05) is 64.1 Å². The number of anilines is 1. The fourth-order valence-electron chi connectivity index (χ4n) is 6.39. The minimum atomic E-state index is -4.81. The maximum Gasteiger partial charge on any atom is 0.573 e. The molecule has 0 spiro atoms. The topological polar surface area (TPSA) is 121 Å². The van der Waals surface area contributed by atoms with Crippen LogP contribution >= 0.6 is 11.9 Å². The molecule has 0 atom stereocenters. The first-order chi connectivity index (χ1) is 24.4. The van der Waals surface area contributed by atoms with Gasteiger partial charge in [0.15, 0.2) is 0 Å². The minimum absolute atomic E-state index is 0.232. The maximum atomic E-state index is 13.5. The molecule has 0 saturated carbocycles. The number of halogens is 3. The number of aryl methyl sites for hydroxylation is 2. The van der Waals surface area contributed by atoms with E-state index in [0.29, 0.717) is 78.8 Å². The number of carbonyl (C=O) groups is 2. The number of rotatable bonds is 12. The van der Waals surface area contributed by atoms with Crippen LogP contribution in [0.5, 0.6) is 11.6 Å². The van der Waals surface area contributed by atoms with Gasteiger partial charge in [0.05, 0.1) is 12.3 Å². The predicted octanol–water partition coefficient (Wildman–Crippen LogP) is 7.59. The van der Waals surface area contributed by atoms with Gasteiger partial charge in [-0.25, -0.2) is 4.98 Å². The first-order valence-electron chi connectivity index (χ1n) is 16.3. The minimum Gasteiger partial charge on any atom is -0.477 e. The molecule has 266 valence electrons. The molecule has 6 rings (SSSR count). The summed E-state index contributed by atoms with van der Waals surface area (Å²) in [4.78, 5) is 39.8. The molecule has 5 aromatic rings. The molecule has 3 heterocycles. The molecule has 1 aliphatic rings. The van der Waals surface area contributed by atoms with Crippen LogP contribution in [0.15, 0.2) is 77.7 Å². The standard InChI is InChI=1S/C37H37F3N6O4S/c1-23-6-4-7-24(2)33(23)30-19-32(44-35(43-30)45-51-28-9-5-8-25(16-28)20-47)49-22-36(21-41-3)12-14-46(15-13-36)34(48)31-17-26-10-11-27(18-29(26)42-31)50-37(38,39)40/h4-11,16-20,41-42H,12-15,21-22H2,1-3H3,(H,43,44,45). The number of likely N-dealkylation sites (tertiary alicyclic amines) is 1. The van der Waals surface area contributed by atoms with Gasteiger partial charge >= 0.3 is 6.36 Å². The Hall–Kier alpha value is -5.08. The van der Waals surface area contributed by atoms with Crippen molar-refractivity contribution in [2.45, 2.75) is 37.9 Å². The Morgan fingerprint density at radius 3 is 2.47 bits per heavy atom. The van der Waals surface area contributed by atoms with Gasteiger partial charge in [-0.15, -0.1) is 13.2 Å². The first kappa shape index (κ1) is 35.7. The molecule has 3 N–H and O–H groups in total. The summed E-state index contributed by atoms with van der Waals surface area (Å²) in [5.41, 5.74) is 4.74. The number of ether oxygens (including phenoxy) is 2. The Morgan fingerprint density at radius 1 is 1.02 bits per heavy atom. The Kier molecular flexibility index (Phi) is 10.5. The number of H-pyrrole nitrogens is 1. The summed E-state index contributed by atoms with van der Waals surface area (Å²) in [6.45, 7) is 5.97. The molecular formula is C37H37F3N6O4S. The number of alkyl halides is 3. The van der Waals surface area contributed by atoms with Gasteiger partial charge in [-0.3, -0.25) is 14.3 Å². The molecular weight excluding hydrogens is 682 g/mol. The summed E-state index contributed by atoms with van der Waals surface area (Å²) >= 11 is 1.29. The van der Waals surface area contributed by atoms with Crippen molar-refractivity contribution in [3.8, 4) is 22.9 Å². The molecule has 0 radical (unpaired) electrons. The highest BCUT2D eigenvalue weighted by Gasteiger charge is 2.37. The number of aromatic amines is 1. The van der Waals surface area contributed by atoms with Crippen LogP contribution in [0.2, 0.25) is 0 Å². The van der Waals surface area contributed by atoms with Crippen LogP contribution in [-0.4, -0.2) is 71.7 Å². The molecule has 1 saturated heterocycles. The molecule has 3 aromatic carbocycles. The summed E-state index contributed by atoms with van der Waals surface area (Å²) < 4.78 is 51.8. The van der Waals surface area contributed by atoms with E-state index < -0.39 is 6.36 Å². The summed E-state index contributed by atoms with van der Waals surface area (Å²) in [6, 6.07) is 20.7. The van der Waals surface area contributed by atoms with Crippen LogP contribution in [0.4, 0.5) is 19.1 Å². The molecule has 51 heavy (non-hydrogen) atoms. The average Bonchev–Trinajstić information content (AvgIpc) is 3.53. The first-order valence-corrected chi connectivity index (χ1v) is 17.1. The molecule has 0 unspecified atom stereocenters. The van der Waals surface area contributed by atoms with Crippen molar-refractivity contribution in [2.24, 2.45) is 5.41 Å². The fraction of sp³-hybridized carbons (Fsp3) is 0.297. The Morgan fingerprint density at radius 2 is 1.76 bits per heavy atom.